The summed E-state index contributed by atoms with van der Waals surface area (Å²) in [6.07, 6.45) is 2.26. The summed E-state index contributed by atoms with van der Waals surface area (Å²) in [6, 6.07) is 7.69. The van der Waals surface area contributed by atoms with Crippen LogP contribution in [0.2, 0.25) is 0 Å². The fourth-order valence-corrected chi connectivity index (χ4v) is 5.68. The van der Waals surface area contributed by atoms with Gasteiger partial charge in [0.05, 0.1) is 10.3 Å². The third-order valence-corrected chi connectivity index (χ3v) is 6.92. The van der Waals surface area contributed by atoms with Gasteiger partial charge in [-0.15, -0.1) is 11.3 Å². The lowest BCUT2D eigenvalue weighted by molar-refractivity contribution is 0.0951. The molecule has 1 saturated heterocycles. The Morgan fingerprint density at radius 3 is 2.72 bits per heavy atom. The molecule has 1 aliphatic rings. The average Bonchev–Trinajstić information content (AvgIpc) is 3.12. The number of nitrogens with one attached hydrogen (secondary N) is 2. The van der Waals surface area contributed by atoms with E-state index in [-0.39, 0.29) is 11.5 Å². The Kier molecular flexibility index (Phi) is 5.74. The van der Waals surface area contributed by atoms with Crippen LogP contribution in [0.4, 0.5) is 0 Å². The van der Waals surface area contributed by atoms with Gasteiger partial charge in [-0.3, -0.25) is 9.59 Å². The Labute approximate surface area is 175 Å². The number of aromatic nitrogens is 1. The largest absolute Gasteiger partial charge is 0.351 e. The van der Waals surface area contributed by atoms with Gasteiger partial charge in [0.2, 0.25) is 0 Å². The van der Waals surface area contributed by atoms with E-state index in [0.717, 1.165) is 59.1 Å². The van der Waals surface area contributed by atoms with Gasteiger partial charge >= 0.3 is 0 Å². The highest BCUT2D eigenvalue weighted by Crippen LogP contribution is 2.30. The van der Waals surface area contributed by atoms with Crippen molar-refractivity contribution in [2.75, 3.05) is 26.2 Å². The van der Waals surface area contributed by atoms with E-state index < -0.39 is 0 Å². The summed E-state index contributed by atoms with van der Waals surface area (Å²) in [6.45, 7) is 10.7. The number of pyridine rings is 1. The maximum absolute atomic E-state index is 12.7. The van der Waals surface area contributed by atoms with E-state index in [0.29, 0.717) is 16.8 Å². The minimum Gasteiger partial charge on any atom is -0.351 e. The maximum Gasteiger partial charge on any atom is 0.261 e. The number of nitrogens with zero attached hydrogens (tertiary/aromatic N) is 1. The minimum absolute atomic E-state index is 0.0909. The van der Waals surface area contributed by atoms with Crippen molar-refractivity contribution in [1.29, 1.82) is 0 Å². The van der Waals surface area contributed by atoms with Crippen LogP contribution in [0.5, 0.6) is 0 Å². The summed E-state index contributed by atoms with van der Waals surface area (Å²) in [5.41, 5.74) is 1.80. The van der Waals surface area contributed by atoms with Crippen LogP contribution in [0.15, 0.2) is 29.1 Å². The molecule has 1 amide bonds. The molecular weight excluding hydrogens is 382 g/mol. The Morgan fingerprint density at radius 2 is 1.97 bits per heavy atom. The Morgan fingerprint density at radius 1 is 1.21 bits per heavy atom. The van der Waals surface area contributed by atoms with Gasteiger partial charge in [-0.1, -0.05) is 25.5 Å². The zero-order chi connectivity index (χ0) is 20.5. The molecule has 1 aromatic carbocycles. The van der Waals surface area contributed by atoms with Crippen LogP contribution < -0.4 is 10.9 Å². The van der Waals surface area contributed by atoms with Gasteiger partial charge in [0.1, 0.15) is 0 Å². The molecule has 1 aliphatic heterocycles. The summed E-state index contributed by atoms with van der Waals surface area (Å²) in [4.78, 5) is 31.1. The molecule has 0 saturated carbocycles. The molecule has 3 aromatic rings. The first-order chi connectivity index (χ1) is 13.9. The highest BCUT2D eigenvalue weighted by molar-refractivity contribution is 7.21. The summed E-state index contributed by atoms with van der Waals surface area (Å²) < 4.78 is 0.883. The standard InChI is InChI=1S/C23H29N3O2S/c1-14-5-6-19-17(10-14)21-18(22(27)25-19)11-20(29-21)23(28)24-7-4-8-26-12-15(2)9-16(3)13-26/h5-6,10-11,15-16H,4,7-9,12-13H2,1-3H3,(H,24,28)(H,25,27)/t15-,16-/m1/s1. The monoisotopic (exact) mass is 411 g/mol. The number of H-pyrrole nitrogens is 1. The second-order valence-electron chi connectivity index (χ2n) is 8.67. The molecule has 0 spiro atoms. The second kappa shape index (κ2) is 8.28. The third kappa shape index (κ3) is 4.38. The van der Waals surface area contributed by atoms with Crippen LogP contribution in [0.1, 0.15) is 41.9 Å². The minimum atomic E-state index is -0.139. The lowest BCUT2D eigenvalue weighted by atomic mass is 9.92. The predicted molar refractivity (Wildman–Crippen MR) is 121 cm³/mol. The van der Waals surface area contributed by atoms with Crippen LogP contribution in [0, 0.1) is 18.8 Å². The molecule has 6 heteroatoms. The fraction of sp³-hybridized carbons (Fsp3) is 0.478. The maximum atomic E-state index is 12.7. The van der Waals surface area contributed by atoms with Gasteiger partial charge in [0.15, 0.2) is 0 Å². The number of hydrogen-bond acceptors (Lipinski definition) is 4. The molecule has 0 radical (unpaired) electrons. The fourth-order valence-electron chi connectivity index (χ4n) is 4.58. The summed E-state index contributed by atoms with van der Waals surface area (Å²) >= 11 is 1.40. The topological polar surface area (TPSA) is 65.2 Å². The van der Waals surface area contributed by atoms with Crippen molar-refractivity contribution >= 4 is 38.2 Å². The lowest BCUT2D eigenvalue weighted by Gasteiger charge is -2.34. The van der Waals surface area contributed by atoms with Gasteiger partial charge in [-0.05, 0) is 56.3 Å². The van der Waals surface area contributed by atoms with Crippen molar-refractivity contribution in [3.8, 4) is 0 Å². The number of fused-ring (bicyclic) bond motifs is 3. The molecule has 2 atom stereocenters. The SMILES string of the molecule is Cc1ccc2[nH]c(=O)c3cc(C(=O)NCCCN4C[C@H](C)C[C@@H](C)C4)sc3c2c1. The second-order valence-corrected chi connectivity index (χ2v) is 9.72. The van der Waals surface area contributed by atoms with E-state index in [4.69, 9.17) is 0 Å². The third-order valence-electron chi connectivity index (χ3n) is 5.75. The van der Waals surface area contributed by atoms with Crippen LogP contribution in [-0.4, -0.2) is 42.0 Å². The number of benzene rings is 1. The van der Waals surface area contributed by atoms with Crippen molar-refractivity contribution in [3.63, 3.8) is 0 Å². The number of piperidine rings is 1. The smallest absolute Gasteiger partial charge is 0.261 e. The molecule has 2 aromatic heterocycles. The van der Waals surface area contributed by atoms with Crippen LogP contribution >= 0.6 is 11.3 Å². The van der Waals surface area contributed by atoms with Crippen molar-refractivity contribution in [2.24, 2.45) is 11.8 Å². The Bertz CT molecular complexity index is 1090. The highest BCUT2D eigenvalue weighted by Gasteiger charge is 2.21. The van der Waals surface area contributed by atoms with Crippen LogP contribution in [0.3, 0.4) is 0 Å². The first-order valence-corrected chi connectivity index (χ1v) is 11.3. The number of carbonyl (C=O) groups excluding carboxylic acids is 1. The number of amides is 1. The quantitative estimate of drug-likeness (QED) is 0.620. The molecule has 0 aliphatic carbocycles. The summed E-state index contributed by atoms with van der Waals surface area (Å²) in [5, 5.41) is 4.62. The molecule has 2 N–H and O–H groups in total. The predicted octanol–water partition coefficient (Wildman–Crippen LogP) is 4.15. The van der Waals surface area contributed by atoms with Crippen molar-refractivity contribution in [2.45, 2.75) is 33.6 Å². The van der Waals surface area contributed by atoms with E-state index in [9.17, 15) is 9.59 Å². The van der Waals surface area contributed by atoms with E-state index in [1.807, 2.05) is 19.1 Å². The molecule has 29 heavy (non-hydrogen) atoms. The van der Waals surface area contributed by atoms with E-state index in [1.54, 1.807) is 6.07 Å². The Hall–Kier alpha value is -2.18. The summed E-state index contributed by atoms with van der Waals surface area (Å²) in [5.74, 6) is 1.42. The van der Waals surface area contributed by atoms with Crippen molar-refractivity contribution < 1.29 is 4.79 Å². The Balaban J connectivity index is 1.42. The molecule has 1 fully saturated rings. The van der Waals surface area contributed by atoms with Gasteiger partial charge in [0.25, 0.3) is 11.5 Å². The van der Waals surface area contributed by atoms with Gasteiger partial charge < -0.3 is 15.2 Å². The molecular formula is C23H29N3O2S. The first kappa shape index (κ1) is 20.1. The normalized spacial score (nSPS) is 20.4. The number of aromatic amines is 1. The van der Waals surface area contributed by atoms with E-state index >= 15 is 0 Å². The number of rotatable bonds is 5. The highest BCUT2D eigenvalue weighted by atomic mass is 32.1. The lowest BCUT2D eigenvalue weighted by Crippen LogP contribution is -2.40. The molecule has 4 rings (SSSR count). The summed E-state index contributed by atoms with van der Waals surface area (Å²) in [7, 11) is 0. The van der Waals surface area contributed by atoms with Crippen molar-refractivity contribution in [3.05, 3.63) is 45.1 Å². The van der Waals surface area contributed by atoms with Crippen molar-refractivity contribution in [1.82, 2.24) is 15.2 Å². The van der Waals surface area contributed by atoms with Gasteiger partial charge in [0, 0.05) is 35.2 Å². The molecule has 0 bridgehead atoms. The van der Waals surface area contributed by atoms with Gasteiger partial charge in [-0.25, -0.2) is 0 Å². The molecule has 5 nitrogen and oxygen atoms in total. The van der Waals surface area contributed by atoms with E-state index in [1.165, 1.54) is 17.8 Å². The first-order valence-electron chi connectivity index (χ1n) is 10.5. The molecule has 154 valence electrons. The number of thiophene rings is 1. The number of carbonyl (C=O) groups is 1. The van der Waals surface area contributed by atoms with Crippen LogP contribution in [-0.2, 0) is 0 Å². The number of hydrogen-bond donors (Lipinski definition) is 2. The number of aryl methyl sites for hydroxylation is 1. The van der Waals surface area contributed by atoms with E-state index in [2.05, 4.69) is 35.1 Å². The van der Waals surface area contributed by atoms with Crippen LogP contribution in [0.25, 0.3) is 21.0 Å². The zero-order valence-electron chi connectivity index (χ0n) is 17.4. The average molecular weight is 412 g/mol. The molecule has 3 heterocycles. The van der Waals surface area contributed by atoms with Gasteiger partial charge in [-0.2, -0.15) is 0 Å². The number of likely N-dealkylation sites (tertiary alicyclic amines) is 1. The zero-order valence-corrected chi connectivity index (χ0v) is 18.2. The molecule has 0 unspecified atom stereocenters.